The molecule has 1 aliphatic rings. The molecule has 0 spiro atoms. The highest BCUT2D eigenvalue weighted by atomic mass is 32.1. The van der Waals surface area contributed by atoms with Crippen molar-refractivity contribution in [2.45, 2.75) is 38.6 Å². The van der Waals surface area contributed by atoms with Crippen LogP contribution < -0.4 is 0 Å². The van der Waals surface area contributed by atoms with E-state index in [1.54, 1.807) is 0 Å². The number of fused-ring (bicyclic) bond motifs is 1. The number of aliphatic hydroxyl groups is 1. The first-order chi connectivity index (χ1) is 13.3. The molecule has 27 heavy (non-hydrogen) atoms. The van der Waals surface area contributed by atoms with E-state index in [4.69, 9.17) is 0 Å². The summed E-state index contributed by atoms with van der Waals surface area (Å²) in [4.78, 5) is 2.50. The van der Waals surface area contributed by atoms with Crippen LogP contribution in [-0.2, 0) is 13.0 Å². The van der Waals surface area contributed by atoms with Crippen LogP contribution in [0, 0.1) is 5.41 Å². The summed E-state index contributed by atoms with van der Waals surface area (Å²) in [6.07, 6.45) is 5.60. The summed E-state index contributed by atoms with van der Waals surface area (Å²) >= 11 is 1.27. The minimum atomic E-state index is 0.0410. The highest BCUT2D eigenvalue weighted by molar-refractivity contribution is 7.00. The summed E-state index contributed by atoms with van der Waals surface area (Å²) in [5.41, 5.74) is 4.69. The number of piperidine rings is 1. The first-order valence-corrected chi connectivity index (χ1v) is 10.6. The Morgan fingerprint density at radius 2 is 1.89 bits per heavy atom. The molecule has 3 aromatic rings. The van der Waals surface area contributed by atoms with Gasteiger partial charge in [0.1, 0.15) is 11.0 Å². The fourth-order valence-electron chi connectivity index (χ4n) is 4.35. The van der Waals surface area contributed by atoms with Gasteiger partial charge in [-0.2, -0.15) is 8.75 Å². The molecule has 2 heterocycles. The molecule has 5 heteroatoms. The predicted octanol–water partition coefficient (Wildman–Crippen LogP) is 4.29. The summed E-state index contributed by atoms with van der Waals surface area (Å²) in [6.45, 7) is 3.29. The van der Waals surface area contributed by atoms with Crippen LogP contribution in [0.15, 0.2) is 48.5 Å². The Kier molecular flexibility index (Phi) is 5.81. The molecule has 1 aromatic heterocycles. The van der Waals surface area contributed by atoms with Crippen LogP contribution in [0.4, 0.5) is 0 Å². The molecule has 1 unspecified atom stereocenters. The highest BCUT2D eigenvalue weighted by Gasteiger charge is 2.34. The molecular formula is C22H27N3OS. The third-order valence-electron chi connectivity index (χ3n) is 5.82. The maximum atomic E-state index is 10.2. The molecule has 1 N–H and O–H groups in total. The standard InChI is InChI=1S/C22H27N3OS/c26-17-22(11-4-8-18-6-2-1-3-7-18)12-5-13-25(16-22)15-19-9-10-20-21(14-19)24-27-23-20/h1-3,6-7,9-10,14,26H,4-5,8,11-13,15-17H2. The van der Waals surface area contributed by atoms with E-state index in [0.717, 1.165) is 62.8 Å². The molecule has 2 aromatic carbocycles. The second-order valence-electron chi connectivity index (χ2n) is 7.90. The lowest BCUT2D eigenvalue weighted by atomic mass is 9.76. The van der Waals surface area contributed by atoms with Gasteiger partial charge in [0.05, 0.1) is 11.7 Å². The molecule has 1 aliphatic heterocycles. The fourth-order valence-corrected chi connectivity index (χ4v) is 4.87. The lowest BCUT2D eigenvalue weighted by Crippen LogP contribution is -2.45. The van der Waals surface area contributed by atoms with E-state index in [1.165, 1.54) is 22.9 Å². The minimum absolute atomic E-state index is 0.0410. The molecule has 0 radical (unpaired) electrons. The maximum absolute atomic E-state index is 10.2. The summed E-state index contributed by atoms with van der Waals surface area (Å²) in [5, 5.41) is 10.2. The van der Waals surface area contributed by atoms with Gasteiger partial charge in [0.25, 0.3) is 0 Å². The SMILES string of the molecule is OCC1(CCCc2ccccc2)CCCN(Cc2ccc3nsnc3c2)C1. The molecule has 1 atom stereocenters. The lowest BCUT2D eigenvalue weighted by molar-refractivity contribution is 0.0208. The molecular weight excluding hydrogens is 354 g/mol. The summed E-state index contributed by atoms with van der Waals surface area (Å²) in [6, 6.07) is 17.1. The molecule has 4 nitrogen and oxygen atoms in total. The van der Waals surface area contributed by atoms with E-state index in [0.29, 0.717) is 0 Å². The smallest absolute Gasteiger partial charge is 0.105 e. The third-order valence-corrected chi connectivity index (χ3v) is 6.37. The van der Waals surface area contributed by atoms with Crippen molar-refractivity contribution >= 4 is 22.8 Å². The second kappa shape index (κ2) is 8.46. The molecule has 1 fully saturated rings. The Balaban J connectivity index is 1.37. The average molecular weight is 382 g/mol. The van der Waals surface area contributed by atoms with Crippen molar-refractivity contribution < 1.29 is 5.11 Å². The topological polar surface area (TPSA) is 49.2 Å². The predicted molar refractivity (Wildman–Crippen MR) is 111 cm³/mol. The van der Waals surface area contributed by atoms with Gasteiger partial charge in [0.15, 0.2) is 0 Å². The van der Waals surface area contributed by atoms with Crippen molar-refractivity contribution in [1.29, 1.82) is 0 Å². The number of benzene rings is 2. The van der Waals surface area contributed by atoms with Crippen molar-refractivity contribution in [1.82, 2.24) is 13.6 Å². The van der Waals surface area contributed by atoms with E-state index in [1.807, 2.05) is 0 Å². The summed E-state index contributed by atoms with van der Waals surface area (Å²) < 4.78 is 8.64. The van der Waals surface area contributed by atoms with E-state index in [-0.39, 0.29) is 12.0 Å². The number of rotatable bonds is 7. The number of hydrogen-bond acceptors (Lipinski definition) is 5. The molecule has 0 bridgehead atoms. The zero-order valence-electron chi connectivity index (χ0n) is 15.7. The van der Waals surface area contributed by atoms with Gasteiger partial charge in [-0.25, -0.2) is 0 Å². The minimum Gasteiger partial charge on any atom is -0.396 e. The van der Waals surface area contributed by atoms with Crippen molar-refractivity contribution in [3.63, 3.8) is 0 Å². The number of likely N-dealkylation sites (tertiary alicyclic amines) is 1. The molecule has 0 saturated carbocycles. The monoisotopic (exact) mass is 381 g/mol. The van der Waals surface area contributed by atoms with Crippen LogP contribution >= 0.6 is 11.7 Å². The Morgan fingerprint density at radius 1 is 1.04 bits per heavy atom. The van der Waals surface area contributed by atoms with Gasteiger partial charge in [-0.05, 0) is 61.9 Å². The van der Waals surface area contributed by atoms with Crippen LogP contribution in [0.2, 0.25) is 0 Å². The first-order valence-electron chi connectivity index (χ1n) is 9.85. The van der Waals surface area contributed by atoms with Crippen molar-refractivity contribution in [2.24, 2.45) is 5.41 Å². The zero-order valence-corrected chi connectivity index (χ0v) is 16.5. The zero-order chi connectivity index (χ0) is 18.5. The Bertz CT molecular complexity index is 866. The van der Waals surface area contributed by atoms with Gasteiger partial charge in [-0.1, -0.05) is 36.4 Å². The molecule has 0 aliphatic carbocycles. The maximum Gasteiger partial charge on any atom is 0.105 e. The summed E-state index contributed by atoms with van der Waals surface area (Å²) in [7, 11) is 0. The van der Waals surface area contributed by atoms with E-state index >= 15 is 0 Å². The van der Waals surface area contributed by atoms with Crippen LogP contribution in [0.1, 0.15) is 36.8 Å². The van der Waals surface area contributed by atoms with Gasteiger partial charge >= 0.3 is 0 Å². The van der Waals surface area contributed by atoms with Gasteiger partial charge in [-0.3, -0.25) is 4.90 Å². The number of aromatic nitrogens is 2. The number of aliphatic hydroxyl groups excluding tert-OH is 1. The van der Waals surface area contributed by atoms with Gasteiger partial charge in [0, 0.05) is 25.1 Å². The average Bonchev–Trinajstić information content (AvgIpc) is 3.17. The van der Waals surface area contributed by atoms with Crippen LogP contribution in [0.3, 0.4) is 0 Å². The Labute approximate surface area is 165 Å². The lowest BCUT2D eigenvalue weighted by Gasteiger charge is -2.42. The van der Waals surface area contributed by atoms with E-state index in [9.17, 15) is 5.11 Å². The van der Waals surface area contributed by atoms with Gasteiger partial charge in [-0.15, -0.1) is 0 Å². The Hall–Kier alpha value is -1.82. The van der Waals surface area contributed by atoms with Crippen molar-refractivity contribution in [2.75, 3.05) is 19.7 Å². The first kappa shape index (κ1) is 18.5. The van der Waals surface area contributed by atoms with E-state index in [2.05, 4.69) is 62.2 Å². The molecule has 0 amide bonds. The molecule has 4 rings (SSSR count). The second-order valence-corrected chi connectivity index (χ2v) is 8.43. The largest absolute Gasteiger partial charge is 0.396 e. The van der Waals surface area contributed by atoms with Gasteiger partial charge in [0.2, 0.25) is 0 Å². The van der Waals surface area contributed by atoms with Crippen LogP contribution in [0.5, 0.6) is 0 Å². The van der Waals surface area contributed by atoms with Crippen molar-refractivity contribution in [3.8, 4) is 0 Å². The molecule has 1 saturated heterocycles. The quantitative estimate of drug-likeness (QED) is 0.663. The highest BCUT2D eigenvalue weighted by Crippen LogP contribution is 2.35. The third kappa shape index (κ3) is 4.54. The number of nitrogens with zero attached hydrogens (tertiary/aromatic N) is 3. The van der Waals surface area contributed by atoms with Crippen LogP contribution in [0.25, 0.3) is 11.0 Å². The normalized spacial score (nSPS) is 20.9. The fraction of sp³-hybridized carbons (Fsp3) is 0.455. The number of aryl methyl sites for hydroxylation is 1. The molecule has 142 valence electrons. The van der Waals surface area contributed by atoms with Gasteiger partial charge < -0.3 is 5.11 Å². The van der Waals surface area contributed by atoms with Crippen LogP contribution in [-0.4, -0.2) is 38.4 Å². The van der Waals surface area contributed by atoms with E-state index < -0.39 is 0 Å². The Morgan fingerprint density at radius 3 is 2.74 bits per heavy atom. The summed E-state index contributed by atoms with van der Waals surface area (Å²) in [5.74, 6) is 0. The van der Waals surface area contributed by atoms with Crippen molar-refractivity contribution in [3.05, 3.63) is 59.7 Å². The number of hydrogen-bond donors (Lipinski definition) is 1.